The average molecular weight is 443 g/mol. The van der Waals surface area contributed by atoms with Crippen molar-refractivity contribution in [3.63, 3.8) is 0 Å². The molecule has 8 nitrogen and oxygen atoms in total. The average Bonchev–Trinajstić information content (AvgIpc) is 3.39. The first-order valence-corrected chi connectivity index (χ1v) is 11.4. The second kappa shape index (κ2) is 8.08. The van der Waals surface area contributed by atoms with Gasteiger partial charge in [0.2, 0.25) is 5.91 Å². The van der Waals surface area contributed by atoms with Gasteiger partial charge in [-0.15, -0.1) is 0 Å². The highest BCUT2D eigenvalue weighted by atomic mass is 32.2. The molecule has 5 rings (SSSR count). The molecule has 2 aliphatic rings. The van der Waals surface area contributed by atoms with E-state index in [0.29, 0.717) is 34.1 Å². The summed E-state index contributed by atoms with van der Waals surface area (Å²) in [6, 6.07) is 5.68. The van der Waals surface area contributed by atoms with Gasteiger partial charge in [0.15, 0.2) is 10.8 Å². The van der Waals surface area contributed by atoms with E-state index in [1.165, 1.54) is 30.1 Å². The van der Waals surface area contributed by atoms with E-state index in [4.69, 9.17) is 0 Å². The number of rotatable bonds is 4. The molecule has 1 amide bonds. The van der Waals surface area contributed by atoms with Crippen LogP contribution in [-0.4, -0.2) is 73.5 Å². The van der Waals surface area contributed by atoms with E-state index in [0.717, 1.165) is 32.7 Å². The third kappa shape index (κ3) is 3.63. The van der Waals surface area contributed by atoms with Crippen LogP contribution in [0.1, 0.15) is 19.4 Å². The van der Waals surface area contributed by atoms with E-state index in [1.807, 2.05) is 4.90 Å². The number of amides is 1. The number of hydrogen-bond donors (Lipinski definition) is 0. The molecule has 2 aliphatic heterocycles. The molecule has 31 heavy (non-hydrogen) atoms. The number of likely N-dealkylation sites (N-methyl/N-ethyl adjacent to an activating group) is 1. The number of hydrogen-bond acceptors (Lipinski definition) is 6. The van der Waals surface area contributed by atoms with Crippen LogP contribution in [0.4, 0.5) is 4.39 Å². The predicted molar refractivity (Wildman–Crippen MR) is 116 cm³/mol. The van der Waals surface area contributed by atoms with Gasteiger partial charge in [0.25, 0.3) is 5.56 Å². The largest absolute Gasteiger partial charge is 0.340 e. The molecule has 162 valence electrons. The van der Waals surface area contributed by atoms with Gasteiger partial charge in [-0.25, -0.2) is 14.1 Å². The van der Waals surface area contributed by atoms with Gasteiger partial charge < -0.3 is 9.80 Å². The van der Waals surface area contributed by atoms with Crippen molar-refractivity contribution in [1.82, 2.24) is 29.1 Å². The molecule has 0 radical (unpaired) electrons. The van der Waals surface area contributed by atoms with Crippen LogP contribution >= 0.6 is 11.8 Å². The standard InChI is InChI=1S/C21H23FN6O2S/c1-2-25-7-9-26(10-8-25)18(29)11-16-13-31-21-24-19-17(20(30)27(16)21)12-23-28(19)15-5-3-14(22)4-6-15/h3-6,12,16H,2,7-11,13H2,1H3/t16-/m1/s1. The molecule has 1 fully saturated rings. The molecule has 0 unspecified atom stereocenters. The summed E-state index contributed by atoms with van der Waals surface area (Å²) in [5.41, 5.74) is 0.888. The Hall–Kier alpha value is -2.72. The first-order valence-electron chi connectivity index (χ1n) is 10.4. The van der Waals surface area contributed by atoms with Gasteiger partial charge >= 0.3 is 0 Å². The van der Waals surface area contributed by atoms with Crippen LogP contribution in [0.2, 0.25) is 0 Å². The number of fused-ring (bicyclic) bond motifs is 2. The van der Waals surface area contributed by atoms with Crippen molar-refractivity contribution < 1.29 is 9.18 Å². The van der Waals surface area contributed by atoms with Crippen molar-refractivity contribution in [2.24, 2.45) is 0 Å². The van der Waals surface area contributed by atoms with Crippen LogP contribution < -0.4 is 5.56 Å². The van der Waals surface area contributed by atoms with E-state index >= 15 is 0 Å². The zero-order chi connectivity index (χ0) is 21.5. The lowest BCUT2D eigenvalue weighted by atomic mass is 10.2. The van der Waals surface area contributed by atoms with Crippen LogP contribution in [0.15, 0.2) is 40.4 Å². The number of aromatic nitrogens is 4. The molecule has 1 atom stereocenters. The Labute approximate surface area is 182 Å². The molecular weight excluding hydrogens is 419 g/mol. The Morgan fingerprint density at radius 3 is 2.65 bits per heavy atom. The summed E-state index contributed by atoms with van der Waals surface area (Å²) in [5.74, 6) is 0.385. The van der Waals surface area contributed by atoms with E-state index in [9.17, 15) is 14.0 Å². The van der Waals surface area contributed by atoms with Crippen molar-refractivity contribution in [2.75, 3.05) is 38.5 Å². The highest BCUT2D eigenvalue weighted by Gasteiger charge is 2.31. The molecule has 0 aliphatic carbocycles. The minimum Gasteiger partial charge on any atom is -0.340 e. The summed E-state index contributed by atoms with van der Waals surface area (Å²) in [6.07, 6.45) is 1.79. The fraction of sp³-hybridized carbons (Fsp3) is 0.429. The Morgan fingerprint density at radius 1 is 1.19 bits per heavy atom. The maximum Gasteiger partial charge on any atom is 0.265 e. The van der Waals surface area contributed by atoms with Crippen LogP contribution in [0, 0.1) is 5.82 Å². The highest BCUT2D eigenvalue weighted by molar-refractivity contribution is 7.99. The second-order valence-electron chi connectivity index (χ2n) is 7.82. The Balaban J connectivity index is 1.41. The van der Waals surface area contributed by atoms with Crippen molar-refractivity contribution >= 4 is 28.7 Å². The quantitative estimate of drug-likeness (QED) is 0.575. The number of carbonyl (C=O) groups is 1. The zero-order valence-corrected chi connectivity index (χ0v) is 18.0. The summed E-state index contributed by atoms with van der Waals surface area (Å²) in [5, 5.41) is 5.29. The van der Waals surface area contributed by atoms with Crippen LogP contribution in [0.3, 0.4) is 0 Å². The maximum atomic E-state index is 13.3. The number of nitrogens with zero attached hydrogens (tertiary/aromatic N) is 6. The lowest BCUT2D eigenvalue weighted by Gasteiger charge is -2.34. The summed E-state index contributed by atoms with van der Waals surface area (Å²) in [7, 11) is 0. The molecule has 4 heterocycles. The first-order chi connectivity index (χ1) is 15.0. The van der Waals surface area contributed by atoms with Gasteiger partial charge in [-0.05, 0) is 30.8 Å². The third-order valence-electron chi connectivity index (χ3n) is 6.02. The van der Waals surface area contributed by atoms with Crippen LogP contribution in [0.25, 0.3) is 16.7 Å². The van der Waals surface area contributed by atoms with Crippen LogP contribution in [-0.2, 0) is 4.79 Å². The molecule has 1 aromatic carbocycles. The van der Waals surface area contributed by atoms with Gasteiger partial charge in [0, 0.05) is 38.4 Å². The monoisotopic (exact) mass is 442 g/mol. The van der Waals surface area contributed by atoms with Gasteiger partial charge in [-0.2, -0.15) is 5.10 Å². The minimum atomic E-state index is -0.340. The summed E-state index contributed by atoms with van der Waals surface area (Å²) in [4.78, 5) is 35.0. The van der Waals surface area contributed by atoms with Gasteiger partial charge in [-0.1, -0.05) is 18.7 Å². The molecular formula is C21H23FN6O2S. The summed E-state index contributed by atoms with van der Waals surface area (Å²) < 4.78 is 16.5. The molecule has 1 saturated heterocycles. The van der Waals surface area contributed by atoms with E-state index in [2.05, 4.69) is 21.9 Å². The predicted octanol–water partition coefficient (Wildman–Crippen LogP) is 1.92. The molecule has 10 heteroatoms. The van der Waals surface area contributed by atoms with Gasteiger partial charge in [-0.3, -0.25) is 14.2 Å². The van der Waals surface area contributed by atoms with Gasteiger partial charge in [0.1, 0.15) is 11.2 Å². The van der Waals surface area contributed by atoms with E-state index in [1.54, 1.807) is 21.4 Å². The van der Waals surface area contributed by atoms with Crippen molar-refractivity contribution in [3.05, 3.63) is 46.6 Å². The third-order valence-corrected chi connectivity index (χ3v) is 7.12. The van der Waals surface area contributed by atoms with E-state index < -0.39 is 0 Å². The first kappa shape index (κ1) is 20.2. The molecule has 0 N–H and O–H groups in total. The second-order valence-corrected chi connectivity index (χ2v) is 8.81. The maximum absolute atomic E-state index is 13.3. The topological polar surface area (TPSA) is 76.3 Å². The summed E-state index contributed by atoms with van der Waals surface area (Å²) in [6.45, 7) is 6.37. The fourth-order valence-electron chi connectivity index (χ4n) is 4.20. The molecule has 3 aromatic rings. The van der Waals surface area contributed by atoms with Gasteiger partial charge in [0.05, 0.1) is 17.9 Å². The number of thioether (sulfide) groups is 1. The normalized spacial score (nSPS) is 19.2. The molecule has 2 aromatic heterocycles. The zero-order valence-electron chi connectivity index (χ0n) is 17.2. The Bertz CT molecular complexity index is 1180. The number of benzene rings is 1. The lowest BCUT2D eigenvalue weighted by Crippen LogP contribution is -2.49. The highest BCUT2D eigenvalue weighted by Crippen LogP contribution is 2.33. The molecule has 0 spiro atoms. The van der Waals surface area contributed by atoms with Crippen molar-refractivity contribution in [3.8, 4) is 5.69 Å². The number of carbonyl (C=O) groups excluding carboxylic acids is 1. The SMILES string of the molecule is CCN1CCN(C(=O)C[C@@H]2CSc3nc4c(cnn4-c4ccc(F)cc4)c(=O)n32)CC1. The number of piperazine rings is 1. The Morgan fingerprint density at radius 2 is 1.94 bits per heavy atom. The van der Waals surface area contributed by atoms with Crippen molar-refractivity contribution in [2.45, 2.75) is 24.5 Å². The molecule has 0 bridgehead atoms. The number of halogens is 1. The smallest absolute Gasteiger partial charge is 0.265 e. The molecule has 0 saturated carbocycles. The Kier molecular flexibility index (Phi) is 5.27. The van der Waals surface area contributed by atoms with E-state index in [-0.39, 0.29) is 23.3 Å². The summed E-state index contributed by atoms with van der Waals surface area (Å²) >= 11 is 1.48. The minimum absolute atomic E-state index is 0.0863. The fourth-order valence-corrected chi connectivity index (χ4v) is 5.33. The van der Waals surface area contributed by atoms with Crippen molar-refractivity contribution in [1.29, 1.82) is 0 Å². The van der Waals surface area contributed by atoms with Crippen LogP contribution in [0.5, 0.6) is 0 Å². The lowest BCUT2D eigenvalue weighted by molar-refractivity contribution is -0.133.